The molecule has 1 aliphatic carbocycles. The number of carboxylic acids is 1. The molecule has 17 heavy (non-hydrogen) atoms. The van der Waals surface area contributed by atoms with Crippen LogP contribution in [0.25, 0.3) is 0 Å². The Morgan fingerprint density at radius 1 is 1.29 bits per heavy atom. The fraction of sp³-hybridized carbons (Fsp3) is 0.846. The van der Waals surface area contributed by atoms with Crippen LogP contribution < -0.4 is 5.32 Å². The van der Waals surface area contributed by atoms with E-state index in [1.54, 1.807) is 0 Å². The minimum atomic E-state index is -0.849. The van der Waals surface area contributed by atoms with Crippen LogP contribution in [0.15, 0.2) is 0 Å². The molecule has 4 nitrogen and oxygen atoms in total. The highest BCUT2D eigenvalue weighted by molar-refractivity contribution is 5.78. The molecule has 0 spiro atoms. The van der Waals surface area contributed by atoms with E-state index in [2.05, 4.69) is 5.32 Å². The first-order valence-electron chi connectivity index (χ1n) is 6.54. The third-order valence-electron chi connectivity index (χ3n) is 3.95. The first kappa shape index (κ1) is 14.0. The van der Waals surface area contributed by atoms with Gasteiger partial charge in [0.1, 0.15) is 0 Å². The maximum Gasteiger partial charge on any atom is 0.305 e. The molecule has 1 amide bonds. The van der Waals surface area contributed by atoms with E-state index in [0.29, 0.717) is 25.2 Å². The summed E-state index contributed by atoms with van der Waals surface area (Å²) < 4.78 is 0. The Hall–Kier alpha value is -1.06. The normalized spacial score (nSPS) is 16.4. The third-order valence-corrected chi connectivity index (χ3v) is 3.95. The molecule has 2 N–H and O–H groups in total. The minimum absolute atomic E-state index is 0.0103. The lowest BCUT2D eigenvalue weighted by molar-refractivity contribution is -0.139. The Morgan fingerprint density at radius 3 is 2.24 bits per heavy atom. The van der Waals surface area contributed by atoms with Crippen LogP contribution >= 0.6 is 0 Å². The summed E-state index contributed by atoms with van der Waals surface area (Å²) >= 11 is 0. The van der Waals surface area contributed by atoms with Crippen molar-refractivity contribution in [2.24, 2.45) is 5.92 Å². The lowest BCUT2D eigenvalue weighted by Crippen LogP contribution is -2.49. The van der Waals surface area contributed by atoms with E-state index in [4.69, 9.17) is 5.11 Å². The lowest BCUT2D eigenvalue weighted by atomic mass is 9.82. The van der Waals surface area contributed by atoms with Crippen LogP contribution in [0, 0.1) is 5.92 Å². The Bertz CT molecular complexity index is 280. The van der Waals surface area contributed by atoms with Gasteiger partial charge in [0.2, 0.25) is 5.91 Å². The highest BCUT2D eigenvalue weighted by atomic mass is 16.4. The predicted molar refractivity (Wildman–Crippen MR) is 65.7 cm³/mol. The number of aliphatic carboxylic acids is 1. The molecule has 1 rings (SSSR count). The van der Waals surface area contributed by atoms with Gasteiger partial charge in [-0.25, -0.2) is 0 Å². The molecule has 0 aromatic heterocycles. The Balaban J connectivity index is 2.51. The van der Waals surface area contributed by atoms with Crippen molar-refractivity contribution in [3.63, 3.8) is 0 Å². The summed E-state index contributed by atoms with van der Waals surface area (Å²) in [5.74, 6) is -0.316. The van der Waals surface area contributed by atoms with E-state index < -0.39 is 11.5 Å². The van der Waals surface area contributed by atoms with Crippen molar-refractivity contribution in [2.45, 2.75) is 64.3 Å². The number of amides is 1. The zero-order chi connectivity index (χ0) is 12.9. The van der Waals surface area contributed by atoms with Crippen LogP contribution in [0.2, 0.25) is 0 Å². The van der Waals surface area contributed by atoms with Crippen LogP contribution in [0.3, 0.4) is 0 Å². The van der Waals surface area contributed by atoms with Gasteiger partial charge in [0.25, 0.3) is 0 Å². The standard InChI is InChI=1S/C13H23NO3/c1-3-13(4-2,9-12(16)17)14-11(15)8-10-6-5-7-10/h10H,3-9H2,1-2H3,(H,14,15)(H,16,17). The van der Waals surface area contributed by atoms with Crippen LogP contribution in [-0.2, 0) is 9.59 Å². The molecule has 1 aliphatic rings. The first-order chi connectivity index (χ1) is 8.01. The van der Waals surface area contributed by atoms with Crippen molar-refractivity contribution in [3.8, 4) is 0 Å². The monoisotopic (exact) mass is 241 g/mol. The summed E-state index contributed by atoms with van der Waals surface area (Å²) in [6.45, 7) is 3.85. The van der Waals surface area contributed by atoms with Gasteiger partial charge in [0.15, 0.2) is 0 Å². The SMILES string of the molecule is CCC(CC)(CC(=O)O)NC(=O)CC1CCC1. The summed E-state index contributed by atoms with van der Waals surface area (Å²) in [4.78, 5) is 22.7. The molecular weight excluding hydrogens is 218 g/mol. The largest absolute Gasteiger partial charge is 0.481 e. The molecule has 0 atom stereocenters. The van der Waals surface area contributed by atoms with Crippen molar-refractivity contribution in [1.29, 1.82) is 0 Å². The topological polar surface area (TPSA) is 66.4 Å². The van der Waals surface area contributed by atoms with E-state index in [9.17, 15) is 9.59 Å². The maximum atomic E-state index is 11.9. The van der Waals surface area contributed by atoms with Gasteiger partial charge in [-0.15, -0.1) is 0 Å². The molecule has 4 heteroatoms. The molecule has 0 heterocycles. The van der Waals surface area contributed by atoms with E-state index in [-0.39, 0.29) is 12.3 Å². The van der Waals surface area contributed by atoms with Gasteiger partial charge in [-0.05, 0) is 31.6 Å². The highest BCUT2D eigenvalue weighted by Gasteiger charge is 2.32. The first-order valence-corrected chi connectivity index (χ1v) is 6.54. The van der Waals surface area contributed by atoms with Crippen molar-refractivity contribution >= 4 is 11.9 Å². The zero-order valence-corrected chi connectivity index (χ0v) is 10.8. The maximum absolute atomic E-state index is 11.9. The number of nitrogens with one attached hydrogen (secondary N) is 1. The van der Waals surface area contributed by atoms with Crippen LogP contribution in [-0.4, -0.2) is 22.5 Å². The summed E-state index contributed by atoms with van der Waals surface area (Å²) in [6.07, 6.45) is 5.38. The average molecular weight is 241 g/mol. The summed E-state index contributed by atoms with van der Waals surface area (Å²) in [7, 11) is 0. The smallest absolute Gasteiger partial charge is 0.305 e. The van der Waals surface area contributed by atoms with Gasteiger partial charge in [-0.3, -0.25) is 9.59 Å². The zero-order valence-electron chi connectivity index (χ0n) is 10.8. The Kier molecular flexibility index (Phi) is 4.97. The fourth-order valence-electron chi connectivity index (χ4n) is 2.32. The number of hydrogen-bond acceptors (Lipinski definition) is 2. The molecule has 0 unspecified atom stereocenters. The number of carboxylic acid groups (broad SMARTS) is 1. The van der Waals surface area contributed by atoms with E-state index in [1.165, 1.54) is 6.42 Å². The van der Waals surface area contributed by atoms with E-state index in [1.807, 2.05) is 13.8 Å². The molecular formula is C13H23NO3. The fourth-order valence-corrected chi connectivity index (χ4v) is 2.32. The summed E-state index contributed by atoms with van der Waals surface area (Å²) in [5, 5.41) is 11.9. The van der Waals surface area contributed by atoms with Gasteiger partial charge < -0.3 is 10.4 Å². The van der Waals surface area contributed by atoms with E-state index in [0.717, 1.165) is 12.8 Å². The molecule has 0 radical (unpaired) electrons. The number of carbonyl (C=O) groups excluding carboxylic acids is 1. The quantitative estimate of drug-likeness (QED) is 0.719. The third kappa shape index (κ3) is 4.02. The highest BCUT2D eigenvalue weighted by Crippen LogP contribution is 2.30. The number of hydrogen-bond donors (Lipinski definition) is 2. The molecule has 0 bridgehead atoms. The summed E-state index contributed by atoms with van der Waals surface area (Å²) in [6, 6.07) is 0. The van der Waals surface area contributed by atoms with Gasteiger partial charge in [0.05, 0.1) is 6.42 Å². The molecule has 98 valence electrons. The Labute approximate surface area is 103 Å². The van der Waals surface area contributed by atoms with Gasteiger partial charge in [-0.1, -0.05) is 20.3 Å². The summed E-state index contributed by atoms with van der Waals surface area (Å²) in [5.41, 5.74) is -0.563. The van der Waals surface area contributed by atoms with Crippen molar-refractivity contribution < 1.29 is 14.7 Å². The average Bonchev–Trinajstić information content (AvgIpc) is 2.22. The van der Waals surface area contributed by atoms with Crippen molar-refractivity contribution in [3.05, 3.63) is 0 Å². The number of carbonyl (C=O) groups is 2. The molecule has 0 aliphatic heterocycles. The van der Waals surface area contributed by atoms with Gasteiger partial charge in [0, 0.05) is 12.0 Å². The molecule has 1 saturated carbocycles. The second-order valence-corrected chi connectivity index (χ2v) is 5.11. The van der Waals surface area contributed by atoms with Crippen molar-refractivity contribution in [2.75, 3.05) is 0 Å². The predicted octanol–water partition coefficient (Wildman–Crippen LogP) is 2.33. The Morgan fingerprint density at radius 2 is 1.88 bits per heavy atom. The van der Waals surface area contributed by atoms with Crippen LogP contribution in [0.5, 0.6) is 0 Å². The van der Waals surface area contributed by atoms with Crippen LogP contribution in [0.1, 0.15) is 58.8 Å². The van der Waals surface area contributed by atoms with Crippen LogP contribution in [0.4, 0.5) is 0 Å². The second-order valence-electron chi connectivity index (χ2n) is 5.11. The van der Waals surface area contributed by atoms with E-state index >= 15 is 0 Å². The minimum Gasteiger partial charge on any atom is -0.481 e. The lowest BCUT2D eigenvalue weighted by Gasteiger charge is -2.33. The van der Waals surface area contributed by atoms with Gasteiger partial charge in [-0.2, -0.15) is 0 Å². The molecule has 0 aromatic rings. The van der Waals surface area contributed by atoms with Gasteiger partial charge >= 0.3 is 5.97 Å². The molecule has 0 saturated heterocycles. The second kappa shape index (κ2) is 6.03. The molecule has 0 aromatic carbocycles. The number of rotatable bonds is 7. The molecule has 1 fully saturated rings. The van der Waals surface area contributed by atoms with Crippen molar-refractivity contribution in [1.82, 2.24) is 5.32 Å².